The van der Waals surface area contributed by atoms with Crippen LogP contribution in [-0.2, 0) is 19.3 Å². The van der Waals surface area contributed by atoms with Gasteiger partial charge in [-0.05, 0) is 53.6 Å². The van der Waals surface area contributed by atoms with Crippen LogP contribution >= 0.6 is 0 Å². The lowest BCUT2D eigenvalue weighted by Gasteiger charge is -2.17. The van der Waals surface area contributed by atoms with E-state index < -0.39 is 0 Å². The lowest BCUT2D eigenvalue weighted by molar-refractivity contribution is 0.398. The maximum Gasteiger partial charge on any atom is 0.169 e. The van der Waals surface area contributed by atoms with Crippen LogP contribution in [0.3, 0.4) is 0 Å². The van der Waals surface area contributed by atoms with Gasteiger partial charge in [-0.3, -0.25) is 0 Å². The highest BCUT2D eigenvalue weighted by Gasteiger charge is 2.18. The number of rotatable bonds is 4. The van der Waals surface area contributed by atoms with Gasteiger partial charge in [0.25, 0.3) is 0 Å². The second kappa shape index (κ2) is 6.08. The summed E-state index contributed by atoms with van der Waals surface area (Å²) in [5, 5.41) is 30.0. The highest BCUT2D eigenvalue weighted by atomic mass is 16.3. The molecule has 3 nitrogen and oxygen atoms in total. The maximum absolute atomic E-state index is 10.1. The molecule has 0 spiro atoms. The van der Waals surface area contributed by atoms with E-state index in [-0.39, 0.29) is 17.2 Å². The number of aromatic hydroxyl groups is 3. The summed E-state index contributed by atoms with van der Waals surface area (Å²) in [5.74, 6) is -0.509. The van der Waals surface area contributed by atoms with Gasteiger partial charge in [-0.1, -0.05) is 32.9 Å². The van der Waals surface area contributed by atoms with E-state index in [0.717, 1.165) is 30.4 Å². The zero-order valence-corrected chi connectivity index (χ0v) is 12.8. The highest BCUT2D eigenvalue weighted by molar-refractivity contribution is 5.81. The summed E-state index contributed by atoms with van der Waals surface area (Å²) in [6, 6.07) is 6.85. The van der Waals surface area contributed by atoms with Gasteiger partial charge in [0.1, 0.15) is 5.75 Å². The second-order valence-corrected chi connectivity index (χ2v) is 5.17. The van der Waals surface area contributed by atoms with E-state index >= 15 is 0 Å². The molecule has 0 saturated carbocycles. The average molecular weight is 286 g/mol. The topological polar surface area (TPSA) is 60.7 Å². The van der Waals surface area contributed by atoms with Gasteiger partial charge in [0.15, 0.2) is 11.5 Å². The van der Waals surface area contributed by atoms with Crippen molar-refractivity contribution in [1.82, 2.24) is 0 Å². The van der Waals surface area contributed by atoms with Crippen LogP contribution in [-0.4, -0.2) is 15.3 Å². The molecule has 2 aromatic rings. The summed E-state index contributed by atoms with van der Waals surface area (Å²) in [6.07, 6.45) is 2.63. The number of hydrogen-bond donors (Lipinski definition) is 3. The van der Waals surface area contributed by atoms with Crippen molar-refractivity contribution in [2.75, 3.05) is 0 Å². The molecule has 3 N–H and O–H groups in total. The third-order valence-electron chi connectivity index (χ3n) is 3.97. The molecule has 0 aliphatic rings. The van der Waals surface area contributed by atoms with E-state index in [1.165, 1.54) is 23.3 Å². The van der Waals surface area contributed by atoms with Crippen molar-refractivity contribution in [3.8, 4) is 28.4 Å². The minimum atomic E-state index is -0.268. The van der Waals surface area contributed by atoms with Crippen LogP contribution in [0.25, 0.3) is 11.1 Å². The Balaban J connectivity index is 2.77. The van der Waals surface area contributed by atoms with E-state index in [9.17, 15) is 15.3 Å². The standard InChI is InChI=1S/C18H22O3/c1-4-11-9-13(6-3)14(10-12(11)5-2)17-15(19)7-8-16(20)18(17)21/h7-10,19-21H,4-6H2,1-3H3. The quantitative estimate of drug-likeness (QED) is 0.584. The Labute approximate surface area is 125 Å². The molecule has 0 aliphatic carbocycles. The molecule has 2 rings (SSSR count). The predicted molar refractivity (Wildman–Crippen MR) is 85.0 cm³/mol. The Morgan fingerprint density at radius 1 is 0.714 bits per heavy atom. The number of phenolic OH excluding ortho intramolecular Hbond substituents is 3. The van der Waals surface area contributed by atoms with Gasteiger partial charge in [-0.25, -0.2) is 0 Å². The van der Waals surface area contributed by atoms with Crippen molar-refractivity contribution in [2.24, 2.45) is 0 Å². The van der Waals surface area contributed by atoms with Crippen molar-refractivity contribution < 1.29 is 15.3 Å². The van der Waals surface area contributed by atoms with Crippen molar-refractivity contribution in [2.45, 2.75) is 40.0 Å². The Morgan fingerprint density at radius 3 is 1.81 bits per heavy atom. The zero-order chi connectivity index (χ0) is 15.6. The first kappa shape index (κ1) is 15.2. The molecule has 21 heavy (non-hydrogen) atoms. The molecule has 0 bridgehead atoms. The number of hydrogen-bond acceptors (Lipinski definition) is 3. The lowest BCUT2D eigenvalue weighted by Crippen LogP contribution is -1.97. The largest absolute Gasteiger partial charge is 0.507 e. The molecule has 0 aromatic heterocycles. The van der Waals surface area contributed by atoms with Crippen LogP contribution in [0.1, 0.15) is 37.5 Å². The fraction of sp³-hybridized carbons (Fsp3) is 0.333. The van der Waals surface area contributed by atoms with Gasteiger partial charge >= 0.3 is 0 Å². The van der Waals surface area contributed by atoms with E-state index in [4.69, 9.17) is 0 Å². The molecule has 0 fully saturated rings. The van der Waals surface area contributed by atoms with Crippen molar-refractivity contribution >= 4 is 0 Å². The summed E-state index contributed by atoms with van der Waals surface area (Å²) in [6.45, 7) is 6.25. The van der Waals surface area contributed by atoms with Crippen molar-refractivity contribution in [3.05, 3.63) is 41.0 Å². The molecule has 0 amide bonds. The van der Waals surface area contributed by atoms with E-state index in [1.807, 2.05) is 13.0 Å². The van der Waals surface area contributed by atoms with Crippen LogP contribution in [0, 0.1) is 0 Å². The molecule has 0 saturated heterocycles. The third-order valence-corrected chi connectivity index (χ3v) is 3.97. The summed E-state index contributed by atoms with van der Waals surface area (Å²) in [5.41, 5.74) is 4.64. The van der Waals surface area contributed by atoms with E-state index in [1.54, 1.807) is 0 Å². The fourth-order valence-electron chi connectivity index (χ4n) is 2.76. The first-order chi connectivity index (χ1) is 10.0. The Bertz CT molecular complexity index is 660. The predicted octanol–water partition coefficient (Wildman–Crippen LogP) is 4.16. The van der Waals surface area contributed by atoms with Crippen molar-refractivity contribution in [3.63, 3.8) is 0 Å². The normalized spacial score (nSPS) is 10.8. The molecule has 0 unspecified atom stereocenters. The SMILES string of the molecule is CCc1cc(CC)c(-c2c(O)ccc(O)c2O)cc1CC. The molecule has 0 atom stereocenters. The summed E-state index contributed by atoms with van der Waals surface area (Å²) >= 11 is 0. The second-order valence-electron chi connectivity index (χ2n) is 5.17. The van der Waals surface area contributed by atoms with Crippen LogP contribution in [0.2, 0.25) is 0 Å². The van der Waals surface area contributed by atoms with Crippen LogP contribution in [0.5, 0.6) is 17.2 Å². The first-order valence-electron chi connectivity index (χ1n) is 7.42. The molecule has 0 radical (unpaired) electrons. The van der Waals surface area contributed by atoms with Crippen LogP contribution in [0.15, 0.2) is 24.3 Å². The molecule has 0 aliphatic heterocycles. The van der Waals surface area contributed by atoms with Gasteiger partial charge in [0.05, 0.1) is 5.56 Å². The molecule has 3 heteroatoms. The van der Waals surface area contributed by atoms with Crippen LogP contribution in [0.4, 0.5) is 0 Å². The Morgan fingerprint density at radius 2 is 1.24 bits per heavy atom. The van der Waals surface area contributed by atoms with Crippen LogP contribution < -0.4 is 0 Å². The average Bonchev–Trinajstić information content (AvgIpc) is 2.50. The van der Waals surface area contributed by atoms with Gasteiger partial charge in [-0.2, -0.15) is 0 Å². The minimum absolute atomic E-state index is 0.0219. The summed E-state index contributed by atoms with van der Waals surface area (Å²) < 4.78 is 0. The zero-order valence-electron chi connectivity index (χ0n) is 12.8. The van der Waals surface area contributed by atoms with E-state index in [2.05, 4.69) is 19.9 Å². The number of benzene rings is 2. The molecule has 0 heterocycles. The molecule has 2 aromatic carbocycles. The monoisotopic (exact) mass is 286 g/mol. The molecule has 112 valence electrons. The van der Waals surface area contributed by atoms with Gasteiger partial charge in [0.2, 0.25) is 0 Å². The van der Waals surface area contributed by atoms with Crippen molar-refractivity contribution in [1.29, 1.82) is 0 Å². The van der Waals surface area contributed by atoms with E-state index in [0.29, 0.717) is 5.56 Å². The summed E-state index contributed by atoms with van der Waals surface area (Å²) in [4.78, 5) is 0. The maximum atomic E-state index is 10.1. The Hall–Kier alpha value is -2.16. The number of aryl methyl sites for hydroxylation is 3. The van der Waals surface area contributed by atoms with Gasteiger partial charge < -0.3 is 15.3 Å². The lowest BCUT2D eigenvalue weighted by atomic mass is 9.90. The smallest absolute Gasteiger partial charge is 0.169 e. The molecular weight excluding hydrogens is 264 g/mol. The third kappa shape index (κ3) is 2.68. The highest BCUT2D eigenvalue weighted by Crippen LogP contribution is 2.44. The fourth-order valence-corrected chi connectivity index (χ4v) is 2.76. The Kier molecular flexibility index (Phi) is 4.41. The van der Waals surface area contributed by atoms with Gasteiger partial charge in [-0.15, -0.1) is 0 Å². The van der Waals surface area contributed by atoms with Gasteiger partial charge in [0, 0.05) is 0 Å². The minimum Gasteiger partial charge on any atom is -0.507 e. The summed E-state index contributed by atoms with van der Waals surface area (Å²) in [7, 11) is 0. The molecular formula is C18H22O3. The number of phenols is 3. The first-order valence-corrected chi connectivity index (χ1v) is 7.42.